The minimum absolute atomic E-state index is 0.247. The lowest BCUT2D eigenvalue weighted by Crippen LogP contribution is -2.50. The quantitative estimate of drug-likeness (QED) is 0.425. The first kappa shape index (κ1) is 20.9. The fraction of sp³-hybridized carbons (Fsp3) is 0.0345. The highest BCUT2D eigenvalue weighted by atomic mass is 16.3. The van der Waals surface area contributed by atoms with Gasteiger partial charge in [-0.25, -0.2) is 5.01 Å². The van der Waals surface area contributed by atoms with Gasteiger partial charge in [-0.2, -0.15) is 0 Å². The maximum Gasteiger partial charge on any atom is 0.280 e. The summed E-state index contributed by atoms with van der Waals surface area (Å²) in [4.78, 5) is 18.2. The highest BCUT2D eigenvalue weighted by molar-refractivity contribution is 6.23. The Kier molecular flexibility index (Phi) is 5.13. The monoisotopic (exact) mass is 458 g/mol. The minimum Gasteiger partial charge on any atom is -0.390 e. The number of pyridine rings is 1. The van der Waals surface area contributed by atoms with Gasteiger partial charge in [0.2, 0.25) is 0 Å². The fourth-order valence-electron chi connectivity index (χ4n) is 4.62. The second-order valence-corrected chi connectivity index (χ2v) is 8.33. The molecule has 0 radical (unpaired) electrons. The van der Waals surface area contributed by atoms with Gasteiger partial charge < -0.3 is 10.4 Å². The number of hydrazine groups is 1. The second kappa shape index (κ2) is 8.59. The largest absolute Gasteiger partial charge is 0.390 e. The molecular formula is C29H22N4O2. The van der Waals surface area contributed by atoms with E-state index >= 15 is 0 Å². The van der Waals surface area contributed by atoms with Crippen LogP contribution in [-0.4, -0.2) is 27.6 Å². The predicted molar refractivity (Wildman–Crippen MR) is 137 cm³/mol. The third kappa shape index (κ3) is 3.57. The summed E-state index contributed by atoms with van der Waals surface area (Å²) >= 11 is 0. The number of aliphatic hydroxyl groups excluding tert-OH is 1. The Bertz CT molecular complexity index is 1540. The van der Waals surface area contributed by atoms with Crippen molar-refractivity contribution in [3.63, 3.8) is 0 Å². The summed E-state index contributed by atoms with van der Waals surface area (Å²) in [6, 6.07) is 29.5. The zero-order chi connectivity index (χ0) is 23.8. The van der Waals surface area contributed by atoms with Crippen molar-refractivity contribution < 1.29 is 9.90 Å². The fourth-order valence-corrected chi connectivity index (χ4v) is 4.62. The number of rotatable bonds is 4. The van der Waals surface area contributed by atoms with Crippen LogP contribution in [-0.2, 0) is 4.79 Å². The lowest BCUT2D eigenvalue weighted by Gasteiger charge is -2.38. The van der Waals surface area contributed by atoms with E-state index in [4.69, 9.17) is 0 Å². The van der Waals surface area contributed by atoms with Crippen LogP contribution in [0.2, 0.25) is 0 Å². The van der Waals surface area contributed by atoms with E-state index in [1.54, 1.807) is 6.20 Å². The third-order valence-electron chi connectivity index (χ3n) is 6.25. The molecule has 0 aliphatic carbocycles. The van der Waals surface area contributed by atoms with E-state index in [1.807, 2.05) is 97.2 Å². The number of carbonyl (C=O) groups excluding carboxylic acids is 1. The van der Waals surface area contributed by atoms with E-state index < -0.39 is 0 Å². The molecule has 0 unspecified atom stereocenters. The first-order chi connectivity index (χ1) is 17.2. The summed E-state index contributed by atoms with van der Waals surface area (Å²) in [6.45, 7) is -0.310. The molecule has 3 heterocycles. The lowest BCUT2D eigenvalue weighted by atomic mass is 9.90. The van der Waals surface area contributed by atoms with Crippen molar-refractivity contribution >= 4 is 33.5 Å². The van der Waals surface area contributed by atoms with Crippen molar-refractivity contribution in [2.24, 2.45) is 0 Å². The van der Waals surface area contributed by atoms with Crippen LogP contribution >= 0.6 is 0 Å². The number of aliphatic hydroxyl groups is 1. The number of allylic oxidation sites excluding steroid dienone is 2. The lowest BCUT2D eigenvalue weighted by molar-refractivity contribution is -0.125. The summed E-state index contributed by atoms with van der Waals surface area (Å²) in [7, 11) is 0. The van der Waals surface area contributed by atoms with E-state index in [1.165, 1.54) is 5.01 Å². The summed E-state index contributed by atoms with van der Waals surface area (Å²) in [5.74, 6) is 0.334. The topological polar surface area (TPSA) is 77.5 Å². The van der Waals surface area contributed by atoms with Crippen LogP contribution in [0.25, 0.3) is 27.6 Å². The summed E-state index contributed by atoms with van der Waals surface area (Å²) in [5.41, 5.74) is 9.39. The van der Waals surface area contributed by atoms with E-state index in [2.05, 4.69) is 15.7 Å². The third-order valence-corrected chi connectivity index (χ3v) is 6.25. The SMILES string of the molecule is O=C1C(c2ccc3ncccc3c2)=C(CO)NC2=C(c3ccccc3)C(c3ccccc3)=CNN12. The van der Waals surface area contributed by atoms with Crippen molar-refractivity contribution in [2.45, 2.75) is 0 Å². The average molecular weight is 459 g/mol. The molecule has 0 saturated heterocycles. The molecule has 0 saturated carbocycles. The molecule has 0 fully saturated rings. The molecule has 6 heteroatoms. The van der Waals surface area contributed by atoms with Crippen LogP contribution in [0.5, 0.6) is 0 Å². The zero-order valence-electron chi connectivity index (χ0n) is 18.8. The van der Waals surface area contributed by atoms with E-state index in [0.29, 0.717) is 22.7 Å². The number of nitrogens with zero attached hydrogens (tertiary/aromatic N) is 2. The number of hydrogen-bond donors (Lipinski definition) is 3. The standard InChI is InChI=1S/C29H22N4O2/c34-18-25-27(22-13-14-24-21(16-22)12-7-15-30-24)29(35)33-28(32-25)26(20-10-5-2-6-11-20)23(17-31-33)19-8-3-1-4-9-19/h1-17,31-32,34H,18H2. The van der Waals surface area contributed by atoms with Gasteiger partial charge in [0.15, 0.2) is 0 Å². The second-order valence-electron chi connectivity index (χ2n) is 8.33. The number of fused-ring (bicyclic) bond motifs is 2. The Labute approximate surface area is 202 Å². The van der Waals surface area contributed by atoms with Crippen molar-refractivity contribution in [3.05, 3.63) is 132 Å². The predicted octanol–water partition coefficient (Wildman–Crippen LogP) is 4.30. The smallest absolute Gasteiger partial charge is 0.280 e. The number of amides is 1. The molecule has 3 N–H and O–H groups in total. The van der Waals surface area contributed by atoms with Crippen molar-refractivity contribution in [1.29, 1.82) is 0 Å². The molecule has 2 aliphatic heterocycles. The molecule has 0 bridgehead atoms. The number of benzene rings is 3. The van der Waals surface area contributed by atoms with Crippen molar-refractivity contribution in [2.75, 3.05) is 6.61 Å². The van der Waals surface area contributed by atoms with Gasteiger partial charge >= 0.3 is 0 Å². The Morgan fingerprint density at radius 3 is 2.29 bits per heavy atom. The Hall–Kier alpha value is -4.68. The van der Waals surface area contributed by atoms with Crippen LogP contribution in [0.3, 0.4) is 0 Å². The van der Waals surface area contributed by atoms with Crippen LogP contribution in [0.15, 0.2) is 115 Å². The van der Waals surface area contributed by atoms with Gasteiger partial charge in [0, 0.05) is 28.9 Å². The molecular weight excluding hydrogens is 436 g/mol. The molecule has 35 heavy (non-hydrogen) atoms. The maximum atomic E-state index is 13.9. The van der Waals surface area contributed by atoms with E-state index in [0.717, 1.165) is 33.2 Å². The minimum atomic E-state index is -0.310. The molecule has 1 amide bonds. The highest BCUT2D eigenvalue weighted by Crippen LogP contribution is 2.39. The van der Waals surface area contributed by atoms with Crippen molar-refractivity contribution in [1.82, 2.24) is 20.7 Å². The van der Waals surface area contributed by atoms with E-state index in [9.17, 15) is 9.90 Å². The zero-order valence-corrected chi connectivity index (χ0v) is 18.8. The molecule has 6 rings (SSSR count). The van der Waals surface area contributed by atoms with Gasteiger partial charge in [-0.1, -0.05) is 72.8 Å². The van der Waals surface area contributed by atoms with E-state index in [-0.39, 0.29) is 12.5 Å². The summed E-state index contributed by atoms with van der Waals surface area (Å²) in [6.07, 6.45) is 3.59. The molecule has 6 nitrogen and oxygen atoms in total. The highest BCUT2D eigenvalue weighted by Gasteiger charge is 2.36. The summed E-state index contributed by atoms with van der Waals surface area (Å²) in [5, 5.41) is 16.1. The molecule has 2 aliphatic rings. The maximum absolute atomic E-state index is 13.9. The van der Waals surface area contributed by atoms with Gasteiger partial charge in [-0.3, -0.25) is 15.2 Å². The average Bonchev–Trinajstić information content (AvgIpc) is 2.93. The van der Waals surface area contributed by atoms with Crippen LogP contribution in [0.1, 0.15) is 16.7 Å². The number of aromatic nitrogens is 1. The van der Waals surface area contributed by atoms with Crippen LogP contribution in [0.4, 0.5) is 0 Å². The van der Waals surface area contributed by atoms with Gasteiger partial charge in [0.05, 0.1) is 23.4 Å². The van der Waals surface area contributed by atoms with Gasteiger partial charge in [0.1, 0.15) is 5.82 Å². The number of hydrogen-bond acceptors (Lipinski definition) is 5. The first-order valence-electron chi connectivity index (χ1n) is 11.4. The first-order valence-corrected chi connectivity index (χ1v) is 11.4. The molecule has 0 spiro atoms. The summed E-state index contributed by atoms with van der Waals surface area (Å²) < 4.78 is 0. The van der Waals surface area contributed by atoms with Crippen molar-refractivity contribution in [3.8, 4) is 0 Å². The Morgan fingerprint density at radius 1 is 0.800 bits per heavy atom. The number of nitrogens with one attached hydrogen (secondary N) is 2. The normalized spacial score (nSPS) is 15.5. The van der Waals surface area contributed by atoms with Crippen LogP contribution < -0.4 is 10.7 Å². The Morgan fingerprint density at radius 2 is 1.54 bits per heavy atom. The molecule has 4 aromatic rings. The molecule has 3 aromatic carbocycles. The van der Waals surface area contributed by atoms with Crippen LogP contribution in [0, 0.1) is 0 Å². The molecule has 1 aromatic heterocycles. The molecule has 0 atom stereocenters. The van der Waals surface area contributed by atoms with Gasteiger partial charge in [0.25, 0.3) is 5.91 Å². The molecule has 170 valence electrons. The van der Waals surface area contributed by atoms with Gasteiger partial charge in [-0.05, 0) is 34.9 Å². The Balaban J connectivity index is 1.54. The van der Waals surface area contributed by atoms with Gasteiger partial charge in [-0.15, -0.1) is 0 Å². The number of carbonyl (C=O) groups is 1.